The summed E-state index contributed by atoms with van der Waals surface area (Å²) in [5, 5.41) is 6.74. The zero-order valence-electron chi connectivity index (χ0n) is 14.6. The lowest BCUT2D eigenvalue weighted by atomic mass is 9.97. The molecule has 1 atom stereocenters. The Morgan fingerprint density at radius 1 is 1.07 bits per heavy atom. The van der Waals surface area contributed by atoms with E-state index in [0.717, 1.165) is 6.26 Å². The molecule has 0 aliphatic rings. The van der Waals surface area contributed by atoms with Gasteiger partial charge in [0.1, 0.15) is 21.5 Å². The second-order valence-corrected chi connectivity index (χ2v) is 8.36. The molecule has 156 valence electrons. The molecule has 0 N–H and O–H groups in total. The molecule has 0 bridgehead atoms. The number of alkyl halides is 2. The molecule has 0 amide bonds. The molecule has 1 unspecified atom stereocenters. The fraction of sp³-hybridized carbons (Fsp3) is 0.333. The average molecular weight is 428 g/mol. The first kappa shape index (κ1) is 22.5. The Bertz CT molecular complexity index is 1040. The molecular weight excluding hydrogens is 409 g/mol. The van der Waals surface area contributed by atoms with Crippen LogP contribution < -0.4 is 0 Å². The summed E-state index contributed by atoms with van der Waals surface area (Å²) in [5.41, 5.74) is 0.891. The normalized spacial score (nSPS) is 12.6. The van der Waals surface area contributed by atoms with Crippen molar-refractivity contribution in [3.63, 3.8) is 0 Å². The number of aromatic nitrogens is 4. The number of hydrogen-bond acceptors (Lipinski definition) is 7. The van der Waals surface area contributed by atoms with Gasteiger partial charge in [-0.2, -0.15) is 8.78 Å². The molecule has 2 aromatic heterocycles. The molecule has 0 aliphatic carbocycles. The van der Waals surface area contributed by atoms with Gasteiger partial charge in [0.15, 0.2) is 0 Å². The fourth-order valence-corrected chi connectivity index (χ4v) is 3.65. The first-order valence-electron chi connectivity index (χ1n) is 8.07. The van der Waals surface area contributed by atoms with Gasteiger partial charge < -0.3 is 4.42 Å². The van der Waals surface area contributed by atoms with Crippen molar-refractivity contribution >= 4 is 9.84 Å². The van der Waals surface area contributed by atoms with E-state index in [4.69, 9.17) is 4.42 Å². The van der Waals surface area contributed by atoms with E-state index in [1.807, 2.05) is 0 Å². The smallest absolute Gasteiger partial charge is 0.314 e. The molecule has 0 fully saturated rings. The Morgan fingerprint density at radius 3 is 2.21 bits per heavy atom. The molecule has 2 heterocycles. The topological polar surface area (TPSA) is 98.8 Å². The molecule has 3 aromatic rings. The summed E-state index contributed by atoms with van der Waals surface area (Å²) in [5.74, 6) is -1.68. The average Bonchev–Trinajstić information content (AvgIpc) is 3.12. The van der Waals surface area contributed by atoms with E-state index in [0.29, 0.717) is 11.4 Å². The van der Waals surface area contributed by atoms with Gasteiger partial charge in [0, 0.05) is 31.0 Å². The van der Waals surface area contributed by atoms with E-state index >= 15 is 0 Å². The molecule has 11 heteroatoms. The molecule has 0 aliphatic heterocycles. The maximum atomic E-state index is 13.2. The predicted molar refractivity (Wildman–Crippen MR) is 99.6 cm³/mol. The SMILES string of the molecule is C.CS(=O)(=O)CC(Cc1ncc(-c2nnc(C(F)F)o2)cn1)c1ccc(F)cc1. The first-order valence-corrected chi connectivity index (χ1v) is 10.1. The maximum Gasteiger partial charge on any atom is 0.314 e. The van der Waals surface area contributed by atoms with Gasteiger partial charge in [-0.05, 0) is 17.7 Å². The maximum absolute atomic E-state index is 13.2. The lowest BCUT2D eigenvalue weighted by Gasteiger charge is -2.15. The number of hydrogen-bond donors (Lipinski definition) is 0. The van der Waals surface area contributed by atoms with Gasteiger partial charge in [0.2, 0.25) is 0 Å². The van der Waals surface area contributed by atoms with Crippen LogP contribution in [-0.2, 0) is 16.3 Å². The van der Waals surface area contributed by atoms with Gasteiger partial charge >= 0.3 is 6.43 Å². The Kier molecular flexibility index (Phi) is 7.07. The lowest BCUT2D eigenvalue weighted by Crippen LogP contribution is -2.17. The number of nitrogens with zero attached hydrogens (tertiary/aromatic N) is 4. The van der Waals surface area contributed by atoms with Crippen molar-refractivity contribution in [2.24, 2.45) is 0 Å². The van der Waals surface area contributed by atoms with Crippen LogP contribution in [0.15, 0.2) is 41.1 Å². The van der Waals surface area contributed by atoms with Crippen molar-refractivity contribution in [2.45, 2.75) is 26.2 Å². The summed E-state index contributed by atoms with van der Waals surface area (Å²) >= 11 is 0. The van der Waals surface area contributed by atoms with Crippen molar-refractivity contribution < 1.29 is 26.0 Å². The molecule has 7 nitrogen and oxygen atoms in total. The van der Waals surface area contributed by atoms with Gasteiger partial charge in [-0.1, -0.05) is 19.6 Å². The summed E-state index contributed by atoms with van der Waals surface area (Å²) in [6.07, 6.45) is 1.07. The van der Waals surface area contributed by atoms with E-state index < -0.39 is 33.9 Å². The highest BCUT2D eigenvalue weighted by Crippen LogP contribution is 2.24. The Balaban J connectivity index is 0.00000300. The van der Waals surface area contributed by atoms with Gasteiger partial charge in [0.25, 0.3) is 11.8 Å². The van der Waals surface area contributed by atoms with Crippen LogP contribution in [0.2, 0.25) is 0 Å². The number of sulfone groups is 1. The largest absolute Gasteiger partial charge is 0.415 e. The van der Waals surface area contributed by atoms with Crippen LogP contribution in [0.1, 0.15) is 37.0 Å². The van der Waals surface area contributed by atoms with E-state index in [1.54, 1.807) is 0 Å². The number of benzene rings is 1. The standard InChI is InChI=1S/C17H15F3N4O3S.CH4/c1-28(25,26)9-11(10-2-4-13(18)5-3-10)6-14-21-7-12(8-22-14)16-23-24-17(27-16)15(19)20;/h2-5,7-8,11,15H,6,9H2,1H3;1H4. The number of halogens is 3. The van der Waals surface area contributed by atoms with Crippen LogP contribution in [0.25, 0.3) is 11.5 Å². The molecule has 0 spiro atoms. The highest BCUT2D eigenvalue weighted by molar-refractivity contribution is 7.90. The summed E-state index contributed by atoms with van der Waals surface area (Å²) < 4.78 is 66.6. The van der Waals surface area contributed by atoms with Gasteiger partial charge in [-0.25, -0.2) is 22.8 Å². The van der Waals surface area contributed by atoms with Crippen molar-refractivity contribution in [3.05, 3.63) is 59.8 Å². The molecular formula is C18H19F3N4O3S. The van der Waals surface area contributed by atoms with Crippen molar-refractivity contribution in [2.75, 3.05) is 12.0 Å². The van der Waals surface area contributed by atoms with E-state index in [-0.39, 0.29) is 31.1 Å². The third-order valence-electron chi connectivity index (χ3n) is 3.85. The second kappa shape index (κ2) is 9.12. The highest BCUT2D eigenvalue weighted by Gasteiger charge is 2.21. The first-order chi connectivity index (χ1) is 13.2. The second-order valence-electron chi connectivity index (χ2n) is 6.18. The van der Waals surface area contributed by atoms with E-state index in [9.17, 15) is 21.6 Å². The lowest BCUT2D eigenvalue weighted by molar-refractivity contribution is 0.116. The van der Waals surface area contributed by atoms with Crippen molar-refractivity contribution in [3.8, 4) is 11.5 Å². The quantitative estimate of drug-likeness (QED) is 0.567. The van der Waals surface area contributed by atoms with E-state index in [1.165, 1.54) is 36.7 Å². The zero-order valence-corrected chi connectivity index (χ0v) is 15.4. The van der Waals surface area contributed by atoms with E-state index in [2.05, 4.69) is 20.2 Å². The molecule has 0 saturated heterocycles. The van der Waals surface area contributed by atoms with Crippen LogP contribution in [0, 0.1) is 5.82 Å². The summed E-state index contributed by atoms with van der Waals surface area (Å²) in [6, 6.07) is 5.54. The molecule has 0 radical (unpaired) electrons. The van der Waals surface area contributed by atoms with Gasteiger partial charge in [-0.15, -0.1) is 10.2 Å². The molecule has 29 heavy (non-hydrogen) atoms. The Morgan fingerprint density at radius 2 is 1.69 bits per heavy atom. The Labute approximate surface area is 166 Å². The minimum Gasteiger partial charge on any atom is -0.415 e. The zero-order chi connectivity index (χ0) is 20.3. The van der Waals surface area contributed by atoms with Crippen LogP contribution in [0.4, 0.5) is 13.2 Å². The van der Waals surface area contributed by atoms with Crippen LogP contribution in [0.5, 0.6) is 0 Å². The molecule has 1 aromatic carbocycles. The molecule has 0 saturated carbocycles. The summed E-state index contributed by atoms with van der Waals surface area (Å²) in [4.78, 5) is 8.25. The minimum absolute atomic E-state index is 0. The minimum atomic E-state index is -3.31. The predicted octanol–water partition coefficient (Wildman–Crippen LogP) is 3.61. The van der Waals surface area contributed by atoms with Crippen LogP contribution in [0.3, 0.4) is 0 Å². The Hall–Kier alpha value is -2.82. The van der Waals surface area contributed by atoms with Crippen LogP contribution >= 0.6 is 0 Å². The van der Waals surface area contributed by atoms with Crippen molar-refractivity contribution in [1.82, 2.24) is 20.2 Å². The number of rotatable bonds is 7. The third-order valence-corrected chi connectivity index (χ3v) is 4.86. The van der Waals surface area contributed by atoms with Gasteiger partial charge in [-0.3, -0.25) is 0 Å². The van der Waals surface area contributed by atoms with Crippen LogP contribution in [-0.4, -0.2) is 40.6 Å². The third kappa shape index (κ3) is 6.08. The monoisotopic (exact) mass is 428 g/mol. The fourth-order valence-electron chi connectivity index (χ4n) is 2.60. The highest BCUT2D eigenvalue weighted by atomic mass is 32.2. The summed E-state index contributed by atoms with van der Waals surface area (Å²) in [7, 11) is -3.31. The van der Waals surface area contributed by atoms with Gasteiger partial charge in [0.05, 0.1) is 11.3 Å². The van der Waals surface area contributed by atoms with Crippen molar-refractivity contribution in [1.29, 1.82) is 0 Å². The summed E-state index contributed by atoms with van der Waals surface area (Å²) in [6.45, 7) is 0. The molecule has 3 rings (SSSR count).